The minimum absolute atomic E-state index is 0.00223. The number of carbonyl (C=O) groups is 1. The van der Waals surface area contributed by atoms with E-state index < -0.39 is 16.0 Å². The van der Waals surface area contributed by atoms with Crippen LogP contribution >= 0.6 is 0 Å². The van der Waals surface area contributed by atoms with Crippen LogP contribution in [0.4, 0.5) is 5.69 Å². The van der Waals surface area contributed by atoms with Crippen molar-refractivity contribution < 1.29 is 18.3 Å². The predicted octanol–water partition coefficient (Wildman–Crippen LogP) is 1.24. The third-order valence-electron chi connectivity index (χ3n) is 2.88. The van der Waals surface area contributed by atoms with Gasteiger partial charge < -0.3 is 10.0 Å². The van der Waals surface area contributed by atoms with E-state index in [1.54, 1.807) is 17.0 Å². The highest BCUT2D eigenvalue weighted by Gasteiger charge is 2.19. The van der Waals surface area contributed by atoms with E-state index in [0.29, 0.717) is 5.69 Å². The minimum atomic E-state index is -3.46. The molecule has 0 aliphatic rings. The van der Waals surface area contributed by atoms with Crippen molar-refractivity contribution in [2.24, 2.45) is 0 Å². The molecule has 0 atom stereocenters. The number of carboxylic acids is 1. The summed E-state index contributed by atoms with van der Waals surface area (Å²) in [5.74, 6) is -0.927. The molecule has 1 N–H and O–H groups in total. The molecule has 0 heterocycles. The maximum absolute atomic E-state index is 11.9. The first-order valence-electron chi connectivity index (χ1n) is 6.17. The molecule has 0 fully saturated rings. The average molecular weight is 300 g/mol. The molecule has 0 bridgehead atoms. The minimum Gasteiger partial charge on any atom is -0.480 e. The molecule has 112 valence electrons. The molecule has 0 unspecified atom stereocenters. The average Bonchev–Trinajstić information content (AvgIpc) is 2.35. The lowest BCUT2D eigenvalue weighted by Crippen LogP contribution is -2.35. The first-order chi connectivity index (χ1) is 9.16. The molecule has 1 aromatic rings. The number of carboxylic acid groups (broad SMARTS) is 1. The third-order valence-corrected chi connectivity index (χ3v) is 4.71. The molecule has 0 radical (unpaired) electrons. The van der Waals surface area contributed by atoms with Crippen molar-refractivity contribution >= 4 is 21.7 Å². The summed E-state index contributed by atoms with van der Waals surface area (Å²) in [6.07, 6.45) is 0. The number of aliphatic carboxylic acids is 1. The van der Waals surface area contributed by atoms with E-state index in [1.807, 2.05) is 13.8 Å². The van der Waals surface area contributed by atoms with Gasteiger partial charge in [-0.1, -0.05) is 0 Å². The van der Waals surface area contributed by atoms with Crippen molar-refractivity contribution in [3.05, 3.63) is 24.3 Å². The van der Waals surface area contributed by atoms with E-state index >= 15 is 0 Å². The molecule has 1 rings (SSSR count). The second kappa shape index (κ2) is 6.23. The van der Waals surface area contributed by atoms with E-state index in [-0.39, 0.29) is 17.5 Å². The number of anilines is 1. The van der Waals surface area contributed by atoms with Gasteiger partial charge in [-0.15, -0.1) is 0 Å². The maximum Gasteiger partial charge on any atom is 0.323 e. The van der Waals surface area contributed by atoms with Gasteiger partial charge in [-0.25, -0.2) is 12.7 Å². The fraction of sp³-hybridized carbons (Fsp3) is 0.462. The Morgan fingerprint density at radius 2 is 1.70 bits per heavy atom. The fourth-order valence-electron chi connectivity index (χ4n) is 1.74. The quantitative estimate of drug-likeness (QED) is 0.855. The molecule has 0 aromatic heterocycles. The van der Waals surface area contributed by atoms with E-state index in [2.05, 4.69) is 0 Å². The van der Waals surface area contributed by atoms with Crippen LogP contribution in [-0.4, -0.2) is 50.5 Å². The molecule has 0 saturated heterocycles. The standard InChI is InChI=1S/C13H20N2O4S/c1-10(2)15(9-13(16)17)11-5-7-12(8-6-11)20(18,19)14(3)4/h5-8,10H,9H2,1-4H3,(H,16,17). The zero-order valence-corrected chi connectivity index (χ0v) is 12.9. The molecule has 7 heteroatoms. The third kappa shape index (κ3) is 3.71. The Labute approximate surface area is 119 Å². The van der Waals surface area contributed by atoms with Crippen LogP contribution in [-0.2, 0) is 14.8 Å². The Balaban J connectivity index is 3.09. The highest BCUT2D eigenvalue weighted by atomic mass is 32.2. The normalized spacial score (nSPS) is 11.9. The molecular weight excluding hydrogens is 280 g/mol. The Bertz CT molecular complexity index is 565. The first-order valence-corrected chi connectivity index (χ1v) is 7.61. The van der Waals surface area contributed by atoms with Crippen LogP contribution in [0.1, 0.15) is 13.8 Å². The van der Waals surface area contributed by atoms with Crippen LogP contribution in [0, 0.1) is 0 Å². The lowest BCUT2D eigenvalue weighted by atomic mass is 10.2. The molecular formula is C13H20N2O4S. The fourth-order valence-corrected chi connectivity index (χ4v) is 2.64. The molecule has 1 aromatic carbocycles. The number of hydrogen-bond acceptors (Lipinski definition) is 4. The summed E-state index contributed by atoms with van der Waals surface area (Å²) in [7, 11) is -0.531. The van der Waals surface area contributed by atoms with E-state index in [0.717, 1.165) is 4.31 Å². The highest BCUT2D eigenvalue weighted by molar-refractivity contribution is 7.89. The van der Waals surface area contributed by atoms with Crippen LogP contribution < -0.4 is 4.90 Å². The van der Waals surface area contributed by atoms with E-state index in [4.69, 9.17) is 5.11 Å². The van der Waals surface area contributed by atoms with Gasteiger partial charge in [-0.2, -0.15) is 0 Å². The molecule has 0 aliphatic heterocycles. The SMILES string of the molecule is CC(C)N(CC(=O)O)c1ccc(S(=O)(=O)N(C)C)cc1. The molecule has 0 saturated carbocycles. The lowest BCUT2D eigenvalue weighted by Gasteiger charge is -2.27. The largest absolute Gasteiger partial charge is 0.480 e. The molecule has 20 heavy (non-hydrogen) atoms. The number of benzene rings is 1. The van der Waals surface area contributed by atoms with Crippen molar-refractivity contribution in [2.75, 3.05) is 25.5 Å². The molecule has 6 nitrogen and oxygen atoms in total. The van der Waals surface area contributed by atoms with Crippen LogP contribution in [0.2, 0.25) is 0 Å². The summed E-state index contributed by atoms with van der Waals surface area (Å²) < 4.78 is 25.0. The van der Waals surface area contributed by atoms with Gasteiger partial charge in [0.1, 0.15) is 6.54 Å². The van der Waals surface area contributed by atoms with Crippen molar-refractivity contribution in [1.29, 1.82) is 0 Å². The highest BCUT2D eigenvalue weighted by Crippen LogP contribution is 2.21. The summed E-state index contributed by atoms with van der Waals surface area (Å²) in [5, 5.41) is 8.91. The van der Waals surface area contributed by atoms with Crippen LogP contribution in [0.25, 0.3) is 0 Å². The van der Waals surface area contributed by atoms with Crippen LogP contribution in [0.15, 0.2) is 29.2 Å². The zero-order valence-electron chi connectivity index (χ0n) is 12.1. The van der Waals surface area contributed by atoms with Crippen molar-refractivity contribution in [2.45, 2.75) is 24.8 Å². The van der Waals surface area contributed by atoms with Gasteiger partial charge in [0, 0.05) is 25.8 Å². The monoisotopic (exact) mass is 300 g/mol. The summed E-state index contributed by atoms with van der Waals surface area (Å²) in [5.41, 5.74) is 0.681. The number of rotatable bonds is 6. The molecule has 0 aliphatic carbocycles. The second-order valence-electron chi connectivity index (χ2n) is 4.90. The van der Waals surface area contributed by atoms with Crippen LogP contribution in [0.3, 0.4) is 0 Å². The summed E-state index contributed by atoms with van der Waals surface area (Å²) >= 11 is 0. The van der Waals surface area contributed by atoms with Gasteiger partial charge >= 0.3 is 5.97 Å². The number of sulfonamides is 1. The Morgan fingerprint density at radius 3 is 2.05 bits per heavy atom. The summed E-state index contributed by atoms with van der Waals surface area (Å²) in [4.78, 5) is 12.7. The Kier molecular flexibility index (Phi) is 5.13. The topological polar surface area (TPSA) is 77.9 Å². The van der Waals surface area contributed by atoms with Gasteiger partial charge in [0.15, 0.2) is 0 Å². The Morgan fingerprint density at radius 1 is 1.20 bits per heavy atom. The predicted molar refractivity (Wildman–Crippen MR) is 77.4 cm³/mol. The van der Waals surface area contributed by atoms with Crippen LogP contribution in [0.5, 0.6) is 0 Å². The van der Waals surface area contributed by atoms with Crippen molar-refractivity contribution in [3.8, 4) is 0 Å². The number of nitrogens with zero attached hydrogens (tertiary/aromatic N) is 2. The van der Waals surface area contributed by atoms with Gasteiger partial charge in [0.05, 0.1) is 4.90 Å². The van der Waals surface area contributed by atoms with E-state index in [1.165, 1.54) is 26.2 Å². The second-order valence-corrected chi connectivity index (χ2v) is 7.05. The zero-order chi connectivity index (χ0) is 15.5. The van der Waals surface area contributed by atoms with Crippen molar-refractivity contribution in [1.82, 2.24) is 4.31 Å². The summed E-state index contributed by atoms with van der Waals surface area (Å²) in [6.45, 7) is 3.64. The molecule has 0 amide bonds. The van der Waals surface area contributed by atoms with E-state index in [9.17, 15) is 13.2 Å². The Hall–Kier alpha value is -1.60. The molecule has 0 spiro atoms. The maximum atomic E-state index is 11.9. The number of hydrogen-bond donors (Lipinski definition) is 1. The lowest BCUT2D eigenvalue weighted by molar-refractivity contribution is -0.135. The van der Waals surface area contributed by atoms with Gasteiger partial charge in [-0.3, -0.25) is 4.79 Å². The first kappa shape index (κ1) is 16.5. The van der Waals surface area contributed by atoms with Gasteiger partial charge in [-0.05, 0) is 38.1 Å². The van der Waals surface area contributed by atoms with Crippen molar-refractivity contribution in [3.63, 3.8) is 0 Å². The van der Waals surface area contributed by atoms with Gasteiger partial charge in [0.2, 0.25) is 10.0 Å². The summed E-state index contributed by atoms with van der Waals surface area (Å²) in [6, 6.07) is 6.23. The van der Waals surface area contributed by atoms with Gasteiger partial charge in [0.25, 0.3) is 0 Å². The smallest absolute Gasteiger partial charge is 0.323 e.